The van der Waals surface area contributed by atoms with Crippen LogP contribution in [-0.4, -0.2) is 17.8 Å². The van der Waals surface area contributed by atoms with Gasteiger partial charge in [0.2, 0.25) is 0 Å². The molecule has 1 aromatic heterocycles. The standard InChI is InChI=1S/C22H16N2O3/c23-13-16-6-4-5-9-19(16)20-12-17(21-15-26-10-11-27-21)14-24(22(20)25)18-7-2-1-3-8-18/h1-9,12,14-15H,10-11H2. The van der Waals surface area contributed by atoms with Gasteiger partial charge in [0, 0.05) is 28.6 Å². The summed E-state index contributed by atoms with van der Waals surface area (Å²) >= 11 is 0. The van der Waals surface area contributed by atoms with Gasteiger partial charge in [-0.05, 0) is 24.3 Å². The van der Waals surface area contributed by atoms with Crippen LogP contribution in [0.25, 0.3) is 22.6 Å². The summed E-state index contributed by atoms with van der Waals surface area (Å²) in [6.45, 7) is 0.937. The zero-order valence-electron chi connectivity index (χ0n) is 14.5. The van der Waals surface area contributed by atoms with Crippen LogP contribution in [0.15, 0.2) is 77.9 Å². The molecule has 0 saturated heterocycles. The van der Waals surface area contributed by atoms with Gasteiger partial charge in [-0.2, -0.15) is 5.26 Å². The van der Waals surface area contributed by atoms with E-state index in [0.717, 1.165) is 5.69 Å². The summed E-state index contributed by atoms with van der Waals surface area (Å²) in [4.78, 5) is 13.2. The highest BCUT2D eigenvalue weighted by molar-refractivity contribution is 5.73. The van der Waals surface area contributed by atoms with Gasteiger partial charge in [0.1, 0.15) is 19.5 Å². The Morgan fingerprint density at radius 1 is 0.963 bits per heavy atom. The zero-order valence-corrected chi connectivity index (χ0v) is 14.5. The van der Waals surface area contributed by atoms with Crippen LogP contribution in [0.4, 0.5) is 0 Å². The summed E-state index contributed by atoms with van der Waals surface area (Å²) in [5, 5.41) is 9.46. The molecule has 0 amide bonds. The molecule has 0 unspecified atom stereocenters. The highest BCUT2D eigenvalue weighted by atomic mass is 16.6. The summed E-state index contributed by atoms with van der Waals surface area (Å²) in [7, 11) is 0. The lowest BCUT2D eigenvalue weighted by Gasteiger charge is -2.18. The van der Waals surface area contributed by atoms with Crippen LogP contribution in [0.2, 0.25) is 0 Å². The highest BCUT2D eigenvalue weighted by Crippen LogP contribution is 2.26. The highest BCUT2D eigenvalue weighted by Gasteiger charge is 2.17. The lowest BCUT2D eigenvalue weighted by Crippen LogP contribution is -2.21. The van der Waals surface area contributed by atoms with E-state index >= 15 is 0 Å². The minimum absolute atomic E-state index is 0.204. The van der Waals surface area contributed by atoms with E-state index in [0.29, 0.717) is 41.2 Å². The van der Waals surface area contributed by atoms with Gasteiger partial charge in [-0.3, -0.25) is 9.36 Å². The lowest BCUT2D eigenvalue weighted by molar-refractivity contribution is 0.125. The van der Waals surface area contributed by atoms with E-state index in [1.54, 1.807) is 41.3 Å². The van der Waals surface area contributed by atoms with Crippen LogP contribution >= 0.6 is 0 Å². The molecule has 132 valence electrons. The van der Waals surface area contributed by atoms with Crippen molar-refractivity contribution in [2.45, 2.75) is 0 Å². The number of benzene rings is 2. The number of ether oxygens (including phenoxy) is 2. The monoisotopic (exact) mass is 356 g/mol. The van der Waals surface area contributed by atoms with Crippen molar-refractivity contribution < 1.29 is 9.47 Å². The third kappa shape index (κ3) is 3.21. The Morgan fingerprint density at radius 2 is 1.74 bits per heavy atom. The van der Waals surface area contributed by atoms with Crippen molar-refractivity contribution in [2.75, 3.05) is 13.2 Å². The van der Waals surface area contributed by atoms with Crippen LogP contribution in [0, 0.1) is 11.3 Å². The van der Waals surface area contributed by atoms with Crippen LogP contribution in [-0.2, 0) is 9.47 Å². The normalized spacial score (nSPS) is 13.1. The molecule has 4 rings (SSSR count). The van der Waals surface area contributed by atoms with Crippen LogP contribution < -0.4 is 5.56 Å². The zero-order chi connectivity index (χ0) is 18.6. The molecule has 0 aliphatic carbocycles. The van der Waals surface area contributed by atoms with E-state index in [4.69, 9.17) is 9.47 Å². The van der Waals surface area contributed by atoms with Gasteiger partial charge in [0.05, 0.1) is 11.6 Å². The Morgan fingerprint density at radius 3 is 2.48 bits per heavy atom. The van der Waals surface area contributed by atoms with Crippen molar-refractivity contribution in [2.24, 2.45) is 0 Å². The van der Waals surface area contributed by atoms with Crippen molar-refractivity contribution >= 4 is 5.76 Å². The first-order valence-corrected chi connectivity index (χ1v) is 8.54. The average Bonchev–Trinajstić information content (AvgIpc) is 2.75. The Bertz CT molecular complexity index is 1110. The SMILES string of the molecule is N#Cc1ccccc1-c1cc(C2=COCCO2)cn(-c2ccccc2)c1=O. The molecule has 1 aliphatic heterocycles. The summed E-state index contributed by atoms with van der Waals surface area (Å²) in [5.41, 5.74) is 2.71. The van der Waals surface area contributed by atoms with E-state index in [1.807, 2.05) is 36.4 Å². The van der Waals surface area contributed by atoms with Crippen molar-refractivity contribution in [3.8, 4) is 22.9 Å². The van der Waals surface area contributed by atoms with Gasteiger partial charge in [-0.25, -0.2) is 0 Å². The first kappa shape index (κ1) is 16.7. The van der Waals surface area contributed by atoms with Gasteiger partial charge < -0.3 is 9.47 Å². The van der Waals surface area contributed by atoms with E-state index in [2.05, 4.69) is 6.07 Å². The maximum absolute atomic E-state index is 13.2. The van der Waals surface area contributed by atoms with Gasteiger partial charge in [0.25, 0.3) is 5.56 Å². The van der Waals surface area contributed by atoms with Crippen molar-refractivity contribution in [3.63, 3.8) is 0 Å². The second-order valence-corrected chi connectivity index (χ2v) is 6.01. The molecule has 0 radical (unpaired) electrons. The lowest BCUT2D eigenvalue weighted by atomic mass is 9.99. The van der Waals surface area contributed by atoms with Gasteiger partial charge in [0.15, 0.2) is 5.76 Å². The molecule has 2 aromatic carbocycles. The molecule has 5 heteroatoms. The molecule has 27 heavy (non-hydrogen) atoms. The number of rotatable bonds is 3. The fourth-order valence-corrected chi connectivity index (χ4v) is 3.03. The Balaban J connectivity index is 1.99. The predicted octanol–water partition coefficient (Wildman–Crippen LogP) is 3.72. The molecule has 0 bridgehead atoms. The smallest absolute Gasteiger partial charge is 0.263 e. The van der Waals surface area contributed by atoms with Gasteiger partial charge >= 0.3 is 0 Å². The molecule has 0 saturated carbocycles. The predicted molar refractivity (Wildman–Crippen MR) is 102 cm³/mol. The summed E-state index contributed by atoms with van der Waals surface area (Å²) < 4.78 is 12.6. The minimum atomic E-state index is -0.204. The fourth-order valence-electron chi connectivity index (χ4n) is 3.03. The third-order valence-corrected chi connectivity index (χ3v) is 4.32. The number of pyridine rings is 1. The van der Waals surface area contributed by atoms with Crippen molar-refractivity contribution in [3.05, 3.63) is 94.6 Å². The number of aromatic nitrogens is 1. The molecule has 0 spiro atoms. The number of nitrogens with zero attached hydrogens (tertiary/aromatic N) is 2. The second-order valence-electron chi connectivity index (χ2n) is 6.01. The molecular formula is C22H16N2O3. The minimum Gasteiger partial charge on any atom is -0.494 e. The average molecular weight is 356 g/mol. The molecule has 5 nitrogen and oxygen atoms in total. The molecule has 3 aromatic rings. The van der Waals surface area contributed by atoms with E-state index in [-0.39, 0.29) is 5.56 Å². The summed E-state index contributed by atoms with van der Waals surface area (Å²) in [5.74, 6) is 0.557. The summed E-state index contributed by atoms with van der Waals surface area (Å²) in [6, 6.07) is 20.3. The molecular weight excluding hydrogens is 340 g/mol. The molecule has 0 N–H and O–H groups in total. The number of nitriles is 1. The van der Waals surface area contributed by atoms with Crippen LogP contribution in [0.5, 0.6) is 0 Å². The number of hydrogen-bond donors (Lipinski definition) is 0. The van der Waals surface area contributed by atoms with Crippen molar-refractivity contribution in [1.29, 1.82) is 5.26 Å². The first-order valence-electron chi connectivity index (χ1n) is 8.54. The third-order valence-electron chi connectivity index (χ3n) is 4.32. The Hall–Kier alpha value is -3.78. The maximum Gasteiger partial charge on any atom is 0.263 e. The number of hydrogen-bond acceptors (Lipinski definition) is 4. The largest absolute Gasteiger partial charge is 0.494 e. The second kappa shape index (κ2) is 7.22. The van der Waals surface area contributed by atoms with E-state index in [1.165, 1.54) is 0 Å². The number of para-hydroxylation sites is 1. The molecule has 0 fully saturated rings. The Kier molecular flexibility index (Phi) is 4.46. The molecule has 2 heterocycles. The van der Waals surface area contributed by atoms with E-state index < -0.39 is 0 Å². The summed E-state index contributed by atoms with van der Waals surface area (Å²) in [6.07, 6.45) is 3.29. The fraction of sp³-hybridized carbons (Fsp3) is 0.0909. The molecule has 0 atom stereocenters. The van der Waals surface area contributed by atoms with Gasteiger partial charge in [-0.15, -0.1) is 0 Å². The van der Waals surface area contributed by atoms with E-state index in [9.17, 15) is 10.1 Å². The first-order chi connectivity index (χ1) is 13.3. The maximum atomic E-state index is 13.2. The quantitative estimate of drug-likeness (QED) is 0.717. The van der Waals surface area contributed by atoms with Crippen LogP contribution in [0.1, 0.15) is 11.1 Å². The Labute approximate surface area is 156 Å². The molecule has 1 aliphatic rings. The van der Waals surface area contributed by atoms with Crippen LogP contribution in [0.3, 0.4) is 0 Å². The van der Waals surface area contributed by atoms with Crippen molar-refractivity contribution in [1.82, 2.24) is 4.57 Å². The van der Waals surface area contributed by atoms with Gasteiger partial charge in [-0.1, -0.05) is 36.4 Å². The topological polar surface area (TPSA) is 64.2 Å².